The summed E-state index contributed by atoms with van der Waals surface area (Å²) in [6.07, 6.45) is 3.49. The van der Waals surface area contributed by atoms with Crippen LogP contribution in [0.5, 0.6) is 0 Å². The van der Waals surface area contributed by atoms with Crippen LogP contribution in [0.3, 0.4) is 0 Å². The van der Waals surface area contributed by atoms with Gasteiger partial charge in [0.1, 0.15) is 4.90 Å². The molecule has 21 heavy (non-hydrogen) atoms. The number of amides is 1. The van der Waals surface area contributed by atoms with Crippen LogP contribution in [0.4, 0.5) is 5.69 Å². The molecule has 1 aromatic heterocycles. The molecule has 2 heterocycles. The maximum atomic E-state index is 12.8. The highest BCUT2D eigenvalue weighted by atomic mass is 32.2. The average Bonchev–Trinajstić information content (AvgIpc) is 2.62. The van der Waals surface area contributed by atoms with Gasteiger partial charge in [0.15, 0.2) is 0 Å². The highest BCUT2D eigenvalue weighted by Crippen LogP contribution is 2.24. The van der Waals surface area contributed by atoms with Gasteiger partial charge in [-0.05, 0) is 19.4 Å². The minimum Gasteiger partial charge on any atom is -0.384 e. The lowest BCUT2D eigenvalue weighted by Gasteiger charge is -2.21. The fourth-order valence-corrected chi connectivity index (χ4v) is 3.77. The highest BCUT2D eigenvalue weighted by molar-refractivity contribution is 7.89. The molecule has 0 aliphatic carbocycles. The minimum atomic E-state index is -3.73. The van der Waals surface area contributed by atoms with Gasteiger partial charge < -0.3 is 10.2 Å². The second-order valence-electron chi connectivity index (χ2n) is 4.91. The van der Waals surface area contributed by atoms with Crippen molar-refractivity contribution in [1.82, 2.24) is 14.2 Å². The third-order valence-electron chi connectivity index (χ3n) is 3.41. The van der Waals surface area contributed by atoms with Gasteiger partial charge in [0.2, 0.25) is 15.9 Å². The molecule has 0 spiro atoms. The van der Waals surface area contributed by atoms with Crippen molar-refractivity contribution in [2.75, 3.05) is 38.5 Å². The van der Waals surface area contributed by atoms with Crippen molar-refractivity contribution in [3.05, 3.63) is 18.5 Å². The van der Waals surface area contributed by atoms with E-state index in [0.29, 0.717) is 31.7 Å². The third kappa shape index (κ3) is 3.33. The van der Waals surface area contributed by atoms with E-state index < -0.39 is 10.0 Å². The number of pyridine rings is 1. The number of hydrogen-bond acceptors (Lipinski definition) is 5. The zero-order valence-electron chi connectivity index (χ0n) is 12.2. The van der Waals surface area contributed by atoms with Gasteiger partial charge in [-0.3, -0.25) is 9.78 Å². The van der Waals surface area contributed by atoms with E-state index in [1.165, 1.54) is 10.5 Å². The summed E-state index contributed by atoms with van der Waals surface area (Å²) in [6.45, 7) is 3.27. The number of carbonyl (C=O) groups is 1. The van der Waals surface area contributed by atoms with Crippen LogP contribution in [0.2, 0.25) is 0 Å². The Labute approximate surface area is 125 Å². The molecule has 0 radical (unpaired) electrons. The van der Waals surface area contributed by atoms with Gasteiger partial charge in [-0.25, -0.2) is 8.42 Å². The highest BCUT2D eigenvalue weighted by Gasteiger charge is 2.31. The Morgan fingerprint density at radius 1 is 1.38 bits per heavy atom. The summed E-state index contributed by atoms with van der Waals surface area (Å²) in [4.78, 5) is 17.5. The molecule has 1 N–H and O–H groups in total. The molecule has 1 amide bonds. The van der Waals surface area contributed by atoms with E-state index in [1.54, 1.807) is 24.2 Å². The van der Waals surface area contributed by atoms with Crippen molar-refractivity contribution < 1.29 is 13.2 Å². The number of sulfonamides is 1. The van der Waals surface area contributed by atoms with E-state index in [4.69, 9.17) is 0 Å². The van der Waals surface area contributed by atoms with E-state index in [0.717, 1.165) is 0 Å². The summed E-state index contributed by atoms with van der Waals surface area (Å²) in [5.41, 5.74) is 0.512. The van der Waals surface area contributed by atoms with Crippen molar-refractivity contribution >= 4 is 21.6 Å². The lowest BCUT2D eigenvalue weighted by Crippen LogP contribution is -2.38. The largest absolute Gasteiger partial charge is 0.384 e. The molecule has 1 aromatic rings. The van der Waals surface area contributed by atoms with E-state index in [1.807, 2.05) is 6.92 Å². The number of aromatic nitrogens is 1. The van der Waals surface area contributed by atoms with Crippen LogP contribution < -0.4 is 5.32 Å². The molecule has 1 saturated heterocycles. The Bertz CT molecular complexity index is 618. The number of nitrogens with one attached hydrogen (secondary N) is 1. The number of rotatable bonds is 4. The number of carbonyl (C=O) groups excluding carboxylic acids is 1. The molecular weight excluding hydrogens is 292 g/mol. The first-order chi connectivity index (χ1) is 9.96. The minimum absolute atomic E-state index is 0.115. The number of nitrogens with zero attached hydrogens (tertiary/aromatic N) is 3. The maximum absolute atomic E-state index is 12.8. The molecule has 1 fully saturated rings. The summed E-state index contributed by atoms with van der Waals surface area (Å²) >= 11 is 0. The SMILES string of the molecule is CCNc1ccncc1S(=O)(=O)N1CCCN(C)C(=O)C1. The first-order valence-electron chi connectivity index (χ1n) is 6.88. The Morgan fingerprint density at radius 2 is 2.14 bits per heavy atom. The quantitative estimate of drug-likeness (QED) is 0.868. The predicted molar refractivity (Wildman–Crippen MR) is 79.4 cm³/mol. The molecule has 0 atom stereocenters. The van der Waals surface area contributed by atoms with Gasteiger partial charge in [-0.2, -0.15) is 4.31 Å². The van der Waals surface area contributed by atoms with Gasteiger partial charge in [0.25, 0.3) is 0 Å². The Hall–Kier alpha value is -1.67. The molecule has 0 unspecified atom stereocenters. The Balaban J connectivity index is 2.35. The van der Waals surface area contributed by atoms with Gasteiger partial charge in [0.05, 0.1) is 12.2 Å². The van der Waals surface area contributed by atoms with Gasteiger partial charge in [-0.1, -0.05) is 0 Å². The van der Waals surface area contributed by atoms with Crippen LogP contribution >= 0.6 is 0 Å². The normalized spacial score (nSPS) is 17.6. The summed E-state index contributed by atoms with van der Waals surface area (Å²) in [5.74, 6) is -0.190. The molecule has 116 valence electrons. The molecular formula is C13H20N4O3S. The lowest BCUT2D eigenvalue weighted by molar-refractivity contribution is -0.129. The summed E-state index contributed by atoms with van der Waals surface area (Å²) < 4.78 is 26.8. The molecule has 2 rings (SSSR count). The van der Waals surface area contributed by atoms with Crippen molar-refractivity contribution in [3.8, 4) is 0 Å². The number of anilines is 1. The van der Waals surface area contributed by atoms with Crippen molar-refractivity contribution in [2.45, 2.75) is 18.2 Å². The number of likely N-dealkylation sites (N-methyl/N-ethyl adjacent to an activating group) is 1. The van der Waals surface area contributed by atoms with Crippen molar-refractivity contribution in [3.63, 3.8) is 0 Å². The summed E-state index contributed by atoms with van der Waals surface area (Å²) in [5, 5.41) is 3.02. The zero-order chi connectivity index (χ0) is 15.5. The van der Waals surface area contributed by atoms with Crippen molar-refractivity contribution in [1.29, 1.82) is 0 Å². The topological polar surface area (TPSA) is 82.6 Å². The first kappa shape index (κ1) is 15.7. The van der Waals surface area contributed by atoms with Crippen LogP contribution in [0.1, 0.15) is 13.3 Å². The van der Waals surface area contributed by atoms with E-state index in [-0.39, 0.29) is 17.3 Å². The van der Waals surface area contributed by atoms with Gasteiger partial charge in [-0.15, -0.1) is 0 Å². The van der Waals surface area contributed by atoms with Gasteiger partial charge >= 0.3 is 0 Å². The molecule has 0 bridgehead atoms. The Morgan fingerprint density at radius 3 is 2.86 bits per heavy atom. The smallest absolute Gasteiger partial charge is 0.247 e. The second-order valence-corrected chi connectivity index (χ2v) is 6.82. The van der Waals surface area contributed by atoms with Crippen LogP contribution in [-0.4, -0.2) is 61.7 Å². The molecule has 1 aliphatic rings. The second kappa shape index (κ2) is 6.40. The fraction of sp³-hybridized carbons (Fsp3) is 0.538. The van der Waals surface area contributed by atoms with Gasteiger partial charge in [0, 0.05) is 39.1 Å². The van der Waals surface area contributed by atoms with Crippen LogP contribution in [0.25, 0.3) is 0 Å². The molecule has 1 aliphatic heterocycles. The standard InChI is InChI=1S/C13H20N4O3S/c1-3-15-11-5-6-14-9-12(11)21(19,20)17-8-4-7-16(2)13(18)10-17/h5-6,9H,3-4,7-8,10H2,1-2H3,(H,14,15). The predicted octanol–water partition coefficient (Wildman–Crippen LogP) is 0.366. The average molecular weight is 312 g/mol. The molecule has 8 heteroatoms. The molecule has 0 saturated carbocycles. The summed E-state index contributed by atoms with van der Waals surface area (Å²) in [6, 6.07) is 1.63. The van der Waals surface area contributed by atoms with Crippen LogP contribution in [-0.2, 0) is 14.8 Å². The monoisotopic (exact) mass is 312 g/mol. The van der Waals surface area contributed by atoms with Crippen LogP contribution in [0.15, 0.2) is 23.4 Å². The number of hydrogen-bond donors (Lipinski definition) is 1. The molecule has 0 aromatic carbocycles. The maximum Gasteiger partial charge on any atom is 0.247 e. The fourth-order valence-electron chi connectivity index (χ4n) is 2.23. The first-order valence-corrected chi connectivity index (χ1v) is 8.33. The van der Waals surface area contributed by atoms with Crippen molar-refractivity contribution in [2.24, 2.45) is 0 Å². The van der Waals surface area contributed by atoms with E-state index >= 15 is 0 Å². The molecule has 7 nitrogen and oxygen atoms in total. The summed E-state index contributed by atoms with van der Waals surface area (Å²) in [7, 11) is -2.05. The zero-order valence-corrected chi connectivity index (χ0v) is 13.1. The van der Waals surface area contributed by atoms with E-state index in [2.05, 4.69) is 10.3 Å². The lowest BCUT2D eigenvalue weighted by atomic mass is 10.4. The Kier molecular flexibility index (Phi) is 4.79. The van der Waals surface area contributed by atoms with Crippen LogP contribution in [0, 0.1) is 0 Å². The third-order valence-corrected chi connectivity index (χ3v) is 5.28. The van der Waals surface area contributed by atoms with E-state index in [9.17, 15) is 13.2 Å².